The number of anilines is 2. The summed E-state index contributed by atoms with van der Waals surface area (Å²) in [4.78, 5) is 32.9. The summed E-state index contributed by atoms with van der Waals surface area (Å²) in [6.45, 7) is 1.36. The number of carbonyl (C=O) groups is 2. The van der Waals surface area contributed by atoms with Crippen molar-refractivity contribution < 1.29 is 14.5 Å². The zero-order chi connectivity index (χ0) is 17.5. The summed E-state index contributed by atoms with van der Waals surface area (Å²) in [5.41, 5.74) is 0.252. The van der Waals surface area contributed by atoms with E-state index in [4.69, 9.17) is 0 Å². The molecule has 1 aromatic heterocycles. The molecule has 0 atom stereocenters. The number of aromatic nitrogens is 2. The number of nitrogens with zero attached hydrogens (tertiary/aromatic N) is 3. The standard InChI is InChI=1S/C14H13N5O4S/c1-9(20)15-12-5-6-14(18-17-12)24-8-13(21)16-10-3-2-4-11(7-10)19(22)23/h2-7H,8H2,1H3,(H,16,21)(H,15,17,20). The smallest absolute Gasteiger partial charge is 0.271 e. The first-order valence-electron chi connectivity index (χ1n) is 6.72. The van der Waals surface area contributed by atoms with Crippen LogP contribution < -0.4 is 10.6 Å². The highest BCUT2D eigenvalue weighted by atomic mass is 32.2. The molecule has 2 aromatic rings. The lowest BCUT2D eigenvalue weighted by Crippen LogP contribution is -2.14. The van der Waals surface area contributed by atoms with Gasteiger partial charge in [0, 0.05) is 24.7 Å². The molecule has 0 saturated heterocycles. The Kier molecular flexibility index (Phi) is 5.79. The van der Waals surface area contributed by atoms with Crippen molar-refractivity contribution in [1.82, 2.24) is 10.2 Å². The monoisotopic (exact) mass is 347 g/mol. The quantitative estimate of drug-likeness (QED) is 0.465. The molecule has 0 fully saturated rings. The van der Waals surface area contributed by atoms with Crippen molar-refractivity contribution in [1.29, 1.82) is 0 Å². The van der Waals surface area contributed by atoms with Gasteiger partial charge in [-0.3, -0.25) is 19.7 Å². The summed E-state index contributed by atoms with van der Waals surface area (Å²) in [6, 6.07) is 8.89. The molecule has 0 aliphatic carbocycles. The molecule has 2 N–H and O–H groups in total. The topological polar surface area (TPSA) is 127 Å². The van der Waals surface area contributed by atoms with E-state index in [1.54, 1.807) is 18.2 Å². The Hall–Kier alpha value is -3.01. The predicted molar refractivity (Wildman–Crippen MR) is 88.8 cm³/mol. The van der Waals surface area contributed by atoms with Crippen LogP contribution >= 0.6 is 11.8 Å². The fourth-order valence-corrected chi connectivity index (χ4v) is 2.29. The molecular weight excluding hydrogens is 334 g/mol. The van der Waals surface area contributed by atoms with Gasteiger partial charge in [-0.05, 0) is 18.2 Å². The number of carbonyl (C=O) groups excluding carboxylic acids is 2. The molecule has 0 unspecified atom stereocenters. The van der Waals surface area contributed by atoms with E-state index in [-0.39, 0.29) is 23.3 Å². The van der Waals surface area contributed by atoms with Crippen LogP contribution in [0.5, 0.6) is 0 Å². The van der Waals surface area contributed by atoms with Crippen LogP contribution in [0.1, 0.15) is 6.92 Å². The fourth-order valence-electron chi connectivity index (χ4n) is 1.68. The molecule has 0 spiro atoms. The summed E-state index contributed by atoms with van der Waals surface area (Å²) >= 11 is 1.15. The van der Waals surface area contributed by atoms with E-state index in [1.807, 2.05) is 0 Å². The first-order valence-corrected chi connectivity index (χ1v) is 7.71. The summed E-state index contributed by atoms with van der Waals surface area (Å²) in [5.74, 6) is -0.182. The molecule has 1 aromatic carbocycles. The van der Waals surface area contributed by atoms with Gasteiger partial charge < -0.3 is 10.6 Å². The number of rotatable bonds is 6. The van der Waals surface area contributed by atoms with Crippen molar-refractivity contribution >= 4 is 40.8 Å². The molecule has 0 aliphatic heterocycles. The first kappa shape index (κ1) is 17.3. The Morgan fingerprint density at radius 3 is 2.62 bits per heavy atom. The molecule has 124 valence electrons. The van der Waals surface area contributed by atoms with E-state index in [0.717, 1.165) is 11.8 Å². The number of nitro benzene ring substituents is 1. The van der Waals surface area contributed by atoms with E-state index in [2.05, 4.69) is 20.8 Å². The zero-order valence-corrected chi connectivity index (χ0v) is 13.4. The van der Waals surface area contributed by atoms with Crippen molar-refractivity contribution in [2.24, 2.45) is 0 Å². The maximum absolute atomic E-state index is 11.9. The predicted octanol–water partition coefficient (Wildman–Crippen LogP) is 2.07. The third kappa shape index (κ3) is 5.32. The average molecular weight is 347 g/mol. The Balaban J connectivity index is 1.88. The van der Waals surface area contributed by atoms with Gasteiger partial charge in [-0.15, -0.1) is 10.2 Å². The van der Waals surface area contributed by atoms with Gasteiger partial charge in [0.2, 0.25) is 11.8 Å². The number of thioether (sulfide) groups is 1. The minimum Gasteiger partial charge on any atom is -0.325 e. The zero-order valence-electron chi connectivity index (χ0n) is 12.6. The van der Waals surface area contributed by atoms with Crippen LogP contribution in [-0.2, 0) is 9.59 Å². The average Bonchev–Trinajstić information content (AvgIpc) is 2.54. The molecule has 2 amide bonds. The minimum atomic E-state index is -0.531. The summed E-state index contributed by atoms with van der Waals surface area (Å²) in [7, 11) is 0. The van der Waals surface area contributed by atoms with Gasteiger partial charge in [-0.1, -0.05) is 17.8 Å². The lowest BCUT2D eigenvalue weighted by atomic mass is 10.3. The summed E-state index contributed by atoms with van der Waals surface area (Å²) < 4.78 is 0. The normalized spacial score (nSPS) is 10.0. The second-order valence-electron chi connectivity index (χ2n) is 4.58. The lowest BCUT2D eigenvalue weighted by Gasteiger charge is -2.05. The second-order valence-corrected chi connectivity index (χ2v) is 5.58. The fraction of sp³-hybridized carbons (Fsp3) is 0.143. The second kappa shape index (κ2) is 8.02. The number of nitrogens with one attached hydrogen (secondary N) is 2. The van der Waals surface area contributed by atoms with E-state index >= 15 is 0 Å². The van der Waals surface area contributed by atoms with Crippen molar-refractivity contribution in [2.75, 3.05) is 16.4 Å². The number of nitro groups is 1. The van der Waals surface area contributed by atoms with Gasteiger partial charge >= 0.3 is 0 Å². The molecule has 0 saturated carbocycles. The summed E-state index contributed by atoms with van der Waals surface area (Å²) in [6.07, 6.45) is 0. The maximum Gasteiger partial charge on any atom is 0.271 e. The lowest BCUT2D eigenvalue weighted by molar-refractivity contribution is -0.384. The van der Waals surface area contributed by atoms with Crippen LogP contribution in [0.2, 0.25) is 0 Å². The maximum atomic E-state index is 11.9. The van der Waals surface area contributed by atoms with Gasteiger partial charge in [0.25, 0.3) is 5.69 Å². The van der Waals surface area contributed by atoms with E-state index in [0.29, 0.717) is 16.5 Å². The molecule has 24 heavy (non-hydrogen) atoms. The van der Waals surface area contributed by atoms with E-state index in [9.17, 15) is 19.7 Å². The van der Waals surface area contributed by atoms with Crippen LogP contribution in [0.25, 0.3) is 0 Å². The Morgan fingerprint density at radius 1 is 1.21 bits per heavy atom. The third-order valence-electron chi connectivity index (χ3n) is 2.64. The highest BCUT2D eigenvalue weighted by Crippen LogP contribution is 2.19. The van der Waals surface area contributed by atoms with Crippen LogP contribution in [0.3, 0.4) is 0 Å². The number of hydrogen-bond donors (Lipinski definition) is 2. The van der Waals surface area contributed by atoms with E-state index in [1.165, 1.54) is 25.1 Å². The Bertz CT molecular complexity index is 766. The molecule has 0 bridgehead atoms. The summed E-state index contributed by atoms with van der Waals surface area (Å²) in [5, 5.41) is 23.9. The van der Waals surface area contributed by atoms with Crippen molar-refractivity contribution in [3.05, 3.63) is 46.5 Å². The van der Waals surface area contributed by atoms with Gasteiger partial charge in [0.15, 0.2) is 5.82 Å². The molecular formula is C14H13N5O4S. The number of hydrogen-bond acceptors (Lipinski definition) is 7. The highest BCUT2D eigenvalue weighted by molar-refractivity contribution is 7.99. The molecule has 1 heterocycles. The number of non-ortho nitro benzene ring substituents is 1. The Morgan fingerprint density at radius 2 is 2.00 bits per heavy atom. The van der Waals surface area contributed by atoms with Crippen LogP contribution in [0, 0.1) is 10.1 Å². The van der Waals surface area contributed by atoms with Crippen molar-refractivity contribution in [2.45, 2.75) is 11.9 Å². The molecule has 0 aliphatic rings. The molecule has 10 heteroatoms. The van der Waals surface area contributed by atoms with Crippen LogP contribution in [0.15, 0.2) is 41.4 Å². The molecule has 0 radical (unpaired) electrons. The third-order valence-corrected chi connectivity index (χ3v) is 3.56. The molecule has 9 nitrogen and oxygen atoms in total. The van der Waals surface area contributed by atoms with E-state index < -0.39 is 4.92 Å². The highest BCUT2D eigenvalue weighted by Gasteiger charge is 2.09. The van der Waals surface area contributed by atoms with Crippen molar-refractivity contribution in [3.63, 3.8) is 0 Å². The van der Waals surface area contributed by atoms with Crippen LogP contribution in [-0.4, -0.2) is 32.7 Å². The van der Waals surface area contributed by atoms with Gasteiger partial charge in [0.1, 0.15) is 5.03 Å². The van der Waals surface area contributed by atoms with Gasteiger partial charge in [0.05, 0.1) is 10.7 Å². The largest absolute Gasteiger partial charge is 0.325 e. The van der Waals surface area contributed by atoms with Crippen molar-refractivity contribution in [3.8, 4) is 0 Å². The molecule has 2 rings (SSSR count). The van der Waals surface area contributed by atoms with Gasteiger partial charge in [-0.2, -0.15) is 0 Å². The SMILES string of the molecule is CC(=O)Nc1ccc(SCC(=O)Nc2cccc([N+](=O)[O-])c2)nn1. The Labute approximate surface area is 141 Å². The van der Waals surface area contributed by atoms with Crippen LogP contribution in [0.4, 0.5) is 17.2 Å². The number of amides is 2. The number of benzene rings is 1. The minimum absolute atomic E-state index is 0.0663. The van der Waals surface area contributed by atoms with Gasteiger partial charge in [-0.25, -0.2) is 0 Å². The first-order chi connectivity index (χ1) is 11.4.